The number of hydrogen-bond donors (Lipinski definition) is 2. The molecule has 0 saturated carbocycles. The van der Waals surface area contributed by atoms with Crippen molar-refractivity contribution in [2.45, 2.75) is 19.4 Å². The highest BCUT2D eigenvalue weighted by Crippen LogP contribution is 2.26. The zero-order valence-corrected chi connectivity index (χ0v) is 17.3. The molecule has 5 nitrogen and oxygen atoms in total. The Morgan fingerprint density at radius 2 is 1.70 bits per heavy atom. The summed E-state index contributed by atoms with van der Waals surface area (Å²) < 4.78 is 11.2. The molecule has 0 amide bonds. The number of halogens is 1. The standard InChI is InChI=1S/C24H23ClO5/c1-16-5-10-23(22(25)11-16)30-15-20(26)14-29-21-8-6-18(7-9-21)19-4-2-3-17(12-19)13-24(27)28/h2-12,20,26H,13-15H2,1H3,(H,27,28). The molecule has 30 heavy (non-hydrogen) atoms. The van der Waals surface area contributed by atoms with Gasteiger partial charge in [-0.2, -0.15) is 0 Å². The highest BCUT2D eigenvalue weighted by molar-refractivity contribution is 6.32. The van der Waals surface area contributed by atoms with E-state index in [2.05, 4.69) is 0 Å². The summed E-state index contributed by atoms with van der Waals surface area (Å²) in [5.41, 5.74) is 3.67. The van der Waals surface area contributed by atoms with E-state index in [9.17, 15) is 9.90 Å². The summed E-state index contributed by atoms with van der Waals surface area (Å²) in [6, 6.07) is 20.3. The van der Waals surface area contributed by atoms with E-state index in [0.29, 0.717) is 16.5 Å². The number of aliphatic carboxylic acids is 1. The Labute approximate surface area is 180 Å². The quantitative estimate of drug-likeness (QED) is 0.516. The van der Waals surface area contributed by atoms with Gasteiger partial charge in [-0.15, -0.1) is 0 Å². The molecule has 1 unspecified atom stereocenters. The molecular formula is C24H23ClO5. The summed E-state index contributed by atoms with van der Waals surface area (Å²) in [7, 11) is 0. The Morgan fingerprint density at radius 1 is 0.967 bits per heavy atom. The minimum atomic E-state index is -0.858. The monoisotopic (exact) mass is 426 g/mol. The van der Waals surface area contributed by atoms with Gasteiger partial charge in [0.15, 0.2) is 0 Å². The second kappa shape index (κ2) is 10.1. The van der Waals surface area contributed by atoms with Gasteiger partial charge in [-0.25, -0.2) is 0 Å². The van der Waals surface area contributed by atoms with Crippen LogP contribution in [0.15, 0.2) is 66.7 Å². The number of rotatable bonds is 9. The van der Waals surface area contributed by atoms with Gasteiger partial charge in [0.25, 0.3) is 0 Å². The molecule has 0 spiro atoms. The number of carbonyl (C=O) groups is 1. The molecule has 3 aromatic rings. The Bertz CT molecular complexity index is 1000. The number of carboxylic acid groups (broad SMARTS) is 1. The van der Waals surface area contributed by atoms with Crippen LogP contribution in [0.5, 0.6) is 11.5 Å². The van der Waals surface area contributed by atoms with Crippen LogP contribution in [0.25, 0.3) is 11.1 Å². The van der Waals surface area contributed by atoms with Gasteiger partial charge in [0, 0.05) is 0 Å². The average molecular weight is 427 g/mol. The molecule has 0 aliphatic heterocycles. The molecule has 1 atom stereocenters. The molecule has 0 aliphatic carbocycles. The summed E-state index contributed by atoms with van der Waals surface area (Å²) in [4.78, 5) is 10.9. The van der Waals surface area contributed by atoms with Crippen LogP contribution < -0.4 is 9.47 Å². The summed E-state index contributed by atoms with van der Waals surface area (Å²) in [5, 5.41) is 19.6. The number of aryl methyl sites for hydroxylation is 1. The van der Waals surface area contributed by atoms with Crippen molar-refractivity contribution in [2.75, 3.05) is 13.2 Å². The molecule has 0 aromatic heterocycles. The maximum Gasteiger partial charge on any atom is 0.307 e. The largest absolute Gasteiger partial charge is 0.491 e. The first kappa shape index (κ1) is 21.7. The van der Waals surface area contributed by atoms with E-state index in [4.69, 9.17) is 26.2 Å². The average Bonchev–Trinajstić information content (AvgIpc) is 2.72. The van der Waals surface area contributed by atoms with Gasteiger partial charge >= 0.3 is 5.97 Å². The molecule has 3 aromatic carbocycles. The fourth-order valence-corrected chi connectivity index (χ4v) is 3.22. The number of hydrogen-bond acceptors (Lipinski definition) is 4. The second-order valence-corrected chi connectivity index (χ2v) is 7.41. The van der Waals surface area contributed by atoms with Gasteiger partial charge in [0.1, 0.15) is 30.8 Å². The van der Waals surface area contributed by atoms with Crippen LogP contribution >= 0.6 is 11.6 Å². The van der Waals surface area contributed by atoms with Crippen molar-refractivity contribution in [2.24, 2.45) is 0 Å². The predicted octanol–water partition coefficient (Wildman–Crippen LogP) is 4.76. The van der Waals surface area contributed by atoms with Crippen LogP contribution in [0, 0.1) is 6.92 Å². The van der Waals surface area contributed by atoms with Crippen molar-refractivity contribution in [3.05, 3.63) is 82.9 Å². The van der Waals surface area contributed by atoms with E-state index in [1.165, 1.54) is 0 Å². The Balaban J connectivity index is 1.52. The molecular weight excluding hydrogens is 404 g/mol. The van der Waals surface area contributed by atoms with Crippen molar-refractivity contribution < 1.29 is 24.5 Å². The normalized spacial score (nSPS) is 11.7. The number of carboxylic acids is 1. The highest BCUT2D eigenvalue weighted by atomic mass is 35.5. The molecule has 3 rings (SSSR count). The third-order valence-corrected chi connectivity index (χ3v) is 4.73. The van der Waals surface area contributed by atoms with Gasteiger partial charge < -0.3 is 19.7 Å². The zero-order valence-electron chi connectivity index (χ0n) is 16.5. The van der Waals surface area contributed by atoms with Crippen LogP contribution in [-0.2, 0) is 11.2 Å². The zero-order chi connectivity index (χ0) is 21.5. The van der Waals surface area contributed by atoms with E-state index >= 15 is 0 Å². The van der Waals surface area contributed by atoms with Crippen LogP contribution in [0.3, 0.4) is 0 Å². The molecule has 0 saturated heterocycles. The van der Waals surface area contributed by atoms with Crippen LogP contribution in [0.2, 0.25) is 5.02 Å². The minimum absolute atomic E-state index is 0.0111. The Hall–Kier alpha value is -3.02. The molecule has 0 heterocycles. The van der Waals surface area contributed by atoms with Crippen molar-refractivity contribution in [1.82, 2.24) is 0 Å². The molecule has 0 bridgehead atoms. The Kier molecular flexibility index (Phi) is 7.33. The lowest BCUT2D eigenvalue weighted by molar-refractivity contribution is -0.136. The summed E-state index contributed by atoms with van der Waals surface area (Å²) in [6.07, 6.45) is -0.822. The molecule has 2 N–H and O–H groups in total. The first-order chi connectivity index (χ1) is 14.4. The first-order valence-electron chi connectivity index (χ1n) is 9.51. The van der Waals surface area contributed by atoms with Gasteiger partial charge in [0.2, 0.25) is 0 Å². The smallest absolute Gasteiger partial charge is 0.307 e. The lowest BCUT2D eigenvalue weighted by atomic mass is 10.0. The SMILES string of the molecule is Cc1ccc(OCC(O)COc2ccc(-c3cccc(CC(=O)O)c3)cc2)c(Cl)c1. The van der Waals surface area contributed by atoms with Gasteiger partial charge in [-0.3, -0.25) is 4.79 Å². The van der Waals surface area contributed by atoms with Gasteiger partial charge in [-0.1, -0.05) is 54.1 Å². The summed E-state index contributed by atoms with van der Waals surface area (Å²) in [5.74, 6) is 0.284. The number of aliphatic hydroxyl groups excluding tert-OH is 1. The van der Waals surface area contributed by atoms with E-state index in [1.807, 2.05) is 55.5 Å². The number of aliphatic hydroxyl groups is 1. The fourth-order valence-electron chi connectivity index (χ4n) is 2.93. The Morgan fingerprint density at radius 3 is 2.40 bits per heavy atom. The highest BCUT2D eigenvalue weighted by Gasteiger charge is 2.09. The minimum Gasteiger partial charge on any atom is -0.491 e. The third-order valence-electron chi connectivity index (χ3n) is 4.43. The predicted molar refractivity (Wildman–Crippen MR) is 116 cm³/mol. The van der Waals surface area contributed by atoms with Crippen molar-refractivity contribution in [1.29, 1.82) is 0 Å². The van der Waals surface area contributed by atoms with Crippen molar-refractivity contribution in [3.63, 3.8) is 0 Å². The molecule has 6 heteroatoms. The molecule has 156 valence electrons. The fraction of sp³-hybridized carbons (Fsp3) is 0.208. The molecule has 0 fully saturated rings. The van der Waals surface area contributed by atoms with E-state index in [1.54, 1.807) is 18.2 Å². The van der Waals surface area contributed by atoms with E-state index < -0.39 is 12.1 Å². The third kappa shape index (κ3) is 6.24. The van der Waals surface area contributed by atoms with Gasteiger partial charge in [0.05, 0.1) is 11.4 Å². The van der Waals surface area contributed by atoms with E-state index in [-0.39, 0.29) is 19.6 Å². The lowest BCUT2D eigenvalue weighted by Gasteiger charge is -2.15. The maximum atomic E-state index is 10.9. The van der Waals surface area contributed by atoms with Crippen LogP contribution in [0.4, 0.5) is 0 Å². The van der Waals surface area contributed by atoms with E-state index in [0.717, 1.165) is 22.3 Å². The van der Waals surface area contributed by atoms with Crippen LogP contribution in [-0.4, -0.2) is 35.5 Å². The molecule has 0 aliphatic rings. The maximum absolute atomic E-state index is 10.9. The summed E-state index contributed by atoms with van der Waals surface area (Å²) >= 11 is 6.12. The number of ether oxygens (including phenoxy) is 2. The summed E-state index contributed by atoms with van der Waals surface area (Å²) in [6.45, 7) is 2.09. The first-order valence-corrected chi connectivity index (χ1v) is 9.89. The molecule has 0 radical (unpaired) electrons. The van der Waals surface area contributed by atoms with Crippen LogP contribution in [0.1, 0.15) is 11.1 Å². The van der Waals surface area contributed by atoms with Crippen molar-refractivity contribution >= 4 is 17.6 Å². The number of benzene rings is 3. The topological polar surface area (TPSA) is 76.0 Å². The van der Waals surface area contributed by atoms with Gasteiger partial charge in [-0.05, 0) is 53.4 Å². The van der Waals surface area contributed by atoms with Crippen molar-refractivity contribution in [3.8, 4) is 22.6 Å². The lowest BCUT2D eigenvalue weighted by Crippen LogP contribution is -2.25. The second-order valence-electron chi connectivity index (χ2n) is 7.00.